The topological polar surface area (TPSA) is 29.5 Å². The van der Waals surface area contributed by atoms with E-state index < -0.39 is 0 Å². The molecule has 0 spiro atoms. The average molecular weight is 172 g/mol. The summed E-state index contributed by atoms with van der Waals surface area (Å²) in [7, 11) is 1.59. The number of aliphatic hydroxyl groups excluding tert-OH is 1. The second-order valence-electron chi connectivity index (χ2n) is 3.00. The molecule has 2 atom stereocenters. The summed E-state index contributed by atoms with van der Waals surface area (Å²) in [6.07, 6.45) is 5.27. The van der Waals surface area contributed by atoms with Crippen molar-refractivity contribution in [3.05, 3.63) is 12.7 Å². The van der Waals surface area contributed by atoms with Crippen LogP contribution in [0.4, 0.5) is 0 Å². The van der Waals surface area contributed by atoms with Gasteiger partial charge in [0.05, 0.1) is 6.10 Å². The fourth-order valence-corrected chi connectivity index (χ4v) is 1.18. The second-order valence-corrected chi connectivity index (χ2v) is 3.00. The van der Waals surface area contributed by atoms with E-state index in [0.29, 0.717) is 0 Å². The molecule has 0 aliphatic heterocycles. The lowest BCUT2D eigenvalue weighted by Gasteiger charge is -2.17. The number of unbranched alkanes of at least 4 members (excludes halogenated alkanes) is 2. The fraction of sp³-hybridized carbons (Fsp3) is 0.800. The molecule has 72 valence electrons. The van der Waals surface area contributed by atoms with E-state index in [2.05, 4.69) is 13.5 Å². The van der Waals surface area contributed by atoms with E-state index in [1.165, 1.54) is 12.8 Å². The van der Waals surface area contributed by atoms with Crippen LogP contribution < -0.4 is 0 Å². The van der Waals surface area contributed by atoms with Crippen molar-refractivity contribution < 1.29 is 9.84 Å². The third-order valence-corrected chi connectivity index (χ3v) is 1.99. The molecule has 2 nitrogen and oxygen atoms in total. The summed E-state index contributed by atoms with van der Waals surface area (Å²) in [5.74, 6) is 0. The minimum absolute atomic E-state index is 0.207. The molecule has 0 heterocycles. The molecule has 0 unspecified atom stereocenters. The molecule has 0 rings (SSSR count). The summed E-state index contributed by atoms with van der Waals surface area (Å²) in [4.78, 5) is 0. The molecule has 0 saturated carbocycles. The Hall–Kier alpha value is -0.340. The molecular weight excluding hydrogens is 152 g/mol. The Kier molecular flexibility index (Phi) is 7.11. The maximum atomic E-state index is 9.54. The molecule has 0 bridgehead atoms. The van der Waals surface area contributed by atoms with E-state index in [9.17, 15) is 5.11 Å². The number of hydrogen-bond donors (Lipinski definition) is 1. The van der Waals surface area contributed by atoms with Crippen LogP contribution in [0.3, 0.4) is 0 Å². The Bertz CT molecular complexity index is 112. The van der Waals surface area contributed by atoms with Crippen LogP contribution in [-0.4, -0.2) is 24.4 Å². The van der Waals surface area contributed by atoms with Gasteiger partial charge in [0.2, 0.25) is 0 Å². The minimum atomic E-state index is -0.390. The SMILES string of the molecule is C=C[C@@H](OC)[C@H](O)CCCCC. The van der Waals surface area contributed by atoms with Gasteiger partial charge in [-0.1, -0.05) is 32.3 Å². The Morgan fingerprint density at radius 1 is 1.50 bits per heavy atom. The van der Waals surface area contributed by atoms with Crippen molar-refractivity contribution in [3.63, 3.8) is 0 Å². The first kappa shape index (κ1) is 11.7. The van der Waals surface area contributed by atoms with E-state index in [0.717, 1.165) is 12.8 Å². The normalized spacial score (nSPS) is 15.6. The predicted molar refractivity (Wildman–Crippen MR) is 51.1 cm³/mol. The van der Waals surface area contributed by atoms with Crippen LogP contribution in [0.25, 0.3) is 0 Å². The summed E-state index contributed by atoms with van der Waals surface area (Å²) in [5, 5.41) is 9.54. The number of ether oxygens (including phenoxy) is 1. The van der Waals surface area contributed by atoms with Crippen molar-refractivity contribution in [1.29, 1.82) is 0 Å². The molecule has 0 fully saturated rings. The first-order valence-electron chi connectivity index (χ1n) is 4.59. The first-order valence-corrected chi connectivity index (χ1v) is 4.59. The molecule has 0 aliphatic carbocycles. The number of methoxy groups -OCH3 is 1. The van der Waals surface area contributed by atoms with Crippen LogP contribution in [-0.2, 0) is 4.74 Å². The standard InChI is InChI=1S/C10H20O2/c1-4-6-7-8-9(11)10(5-2)12-3/h5,9-11H,2,4,6-8H2,1,3H3/t9-,10-/m1/s1. The van der Waals surface area contributed by atoms with E-state index in [1.54, 1.807) is 13.2 Å². The van der Waals surface area contributed by atoms with Gasteiger partial charge in [0.25, 0.3) is 0 Å². The van der Waals surface area contributed by atoms with Gasteiger partial charge in [-0.2, -0.15) is 0 Å². The summed E-state index contributed by atoms with van der Waals surface area (Å²) < 4.78 is 5.02. The van der Waals surface area contributed by atoms with Gasteiger partial charge < -0.3 is 9.84 Å². The van der Waals surface area contributed by atoms with Crippen molar-refractivity contribution in [3.8, 4) is 0 Å². The Morgan fingerprint density at radius 2 is 2.17 bits per heavy atom. The van der Waals surface area contributed by atoms with Crippen LogP contribution >= 0.6 is 0 Å². The van der Waals surface area contributed by atoms with Crippen molar-refractivity contribution >= 4 is 0 Å². The molecule has 0 aliphatic rings. The highest BCUT2D eigenvalue weighted by Gasteiger charge is 2.13. The molecule has 0 amide bonds. The zero-order chi connectivity index (χ0) is 9.40. The van der Waals surface area contributed by atoms with E-state index in [-0.39, 0.29) is 12.2 Å². The van der Waals surface area contributed by atoms with Gasteiger partial charge in [-0.3, -0.25) is 0 Å². The summed E-state index contributed by atoms with van der Waals surface area (Å²) in [6.45, 7) is 5.74. The number of rotatable bonds is 7. The van der Waals surface area contributed by atoms with Crippen molar-refractivity contribution in [2.24, 2.45) is 0 Å². The predicted octanol–water partition coefficient (Wildman–Crippen LogP) is 2.13. The Balaban J connectivity index is 3.53. The molecule has 0 saturated heterocycles. The van der Waals surface area contributed by atoms with Crippen LogP contribution in [0.15, 0.2) is 12.7 Å². The molecule has 2 heteroatoms. The van der Waals surface area contributed by atoms with Crippen LogP contribution in [0, 0.1) is 0 Å². The molecule has 12 heavy (non-hydrogen) atoms. The van der Waals surface area contributed by atoms with Crippen molar-refractivity contribution in [2.45, 2.75) is 44.8 Å². The van der Waals surface area contributed by atoms with Crippen LogP contribution in [0.5, 0.6) is 0 Å². The Morgan fingerprint density at radius 3 is 2.58 bits per heavy atom. The van der Waals surface area contributed by atoms with Gasteiger partial charge in [0.1, 0.15) is 6.10 Å². The fourth-order valence-electron chi connectivity index (χ4n) is 1.18. The number of hydrogen-bond acceptors (Lipinski definition) is 2. The van der Waals surface area contributed by atoms with E-state index >= 15 is 0 Å². The van der Waals surface area contributed by atoms with Gasteiger partial charge in [0, 0.05) is 7.11 Å². The van der Waals surface area contributed by atoms with Crippen molar-refractivity contribution in [1.82, 2.24) is 0 Å². The van der Waals surface area contributed by atoms with Crippen LogP contribution in [0.1, 0.15) is 32.6 Å². The second kappa shape index (κ2) is 7.32. The highest BCUT2D eigenvalue weighted by atomic mass is 16.5. The van der Waals surface area contributed by atoms with E-state index in [1.807, 2.05) is 0 Å². The lowest BCUT2D eigenvalue weighted by atomic mass is 10.1. The van der Waals surface area contributed by atoms with Gasteiger partial charge in [0.15, 0.2) is 0 Å². The third kappa shape index (κ3) is 4.52. The monoisotopic (exact) mass is 172 g/mol. The highest BCUT2D eigenvalue weighted by Crippen LogP contribution is 2.09. The van der Waals surface area contributed by atoms with Crippen LogP contribution in [0.2, 0.25) is 0 Å². The Labute approximate surface area is 75.2 Å². The lowest BCUT2D eigenvalue weighted by Crippen LogP contribution is -2.25. The lowest BCUT2D eigenvalue weighted by molar-refractivity contribution is 0.0117. The maximum absolute atomic E-state index is 9.54. The summed E-state index contributed by atoms with van der Waals surface area (Å²) >= 11 is 0. The molecule has 0 aromatic rings. The molecule has 0 aromatic carbocycles. The molecule has 0 aromatic heterocycles. The van der Waals surface area contributed by atoms with Gasteiger partial charge in [-0.15, -0.1) is 6.58 Å². The summed E-state index contributed by atoms with van der Waals surface area (Å²) in [5.41, 5.74) is 0. The summed E-state index contributed by atoms with van der Waals surface area (Å²) in [6, 6.07) is 0. The zero-order valence-electron chi connectivity index (χ0n) is 8.12. The minimum Gasteiger partial charge on any atom is -0.390 e. The molecule has 0 radical (unpaired) electrons. The maximum Gasteiger partial charge on any atom is 0.101 e. The third-order valence-electron chi connectivity index (χ3n) is 1.99. The highest BCUT2D eigenvalue weighted by molar-refractivity contribution is 4.85. The smallest absolute Gasteiger partial charge is 0.101 e. The average Bonchev–Trinajstić information content (AvgIpc) is 2.07. The zero-order valence-corrected chi connectivity index (χ0v) is 8.12. The molecule has 1 N–H and O–H groups in total. The van der Waals surface area contributed by atoms with Crippen molar-refractivity contribution in [2.75, 3.05) is 7.11 Å². The first-order chi connectivity index (χ1) is 5.76. The van der Waals surface area contributed by atoms with Gasteiger partial charge >= 0.3 is 0 Å². The molecular formula is C10H20O2. The quantitative estimate of drug-likeness (QED) is 0.471. The van der Waals surface area contributed by atoms with Gasteiger partial charge in [-0.05, 0) is 6.42 Å². The largest absolute Gasteiger partial charge is 0.390 e. The van der Waals surface area contributed by atoms with E-state index in [4.69, 9.17) is 4.74 Å². The number of aliphatic hydroxyl groups is 1. The van der Waals surface area contributed by atoms with Gasteiger partial charge in [-0.25, -0.2) is 0 Å².